The Hall–Kier alpha value is -3.16. The van der Waals surface area contributed by atoms with Gasteiger partial charge in [-0.15, -0.1) is 0 Å². The summed E-state index contributed by atoms with van der Waals surface area (Å²) < 4.78 is 0. The average Bonchev–Trinajstić information content (AvgIpc) is 3.38. The van der Waals surface area contributed by atoms with E-state index in [1.165, 1.54) is 0 Å². The molecule has 8 nitrogen and oxygen atoms in total. The van der Waals surface area contributed by atoms with E-state index in [1.54, 1.807) is 41.6 Å². The van der Waals surface area contributed by atoms with Crippen LogP contribution in [-0.2, 0) is 9.63 Å². The Kier molecular flexibility index (Phi) is 3.95. The molecule has 2 aliphatic heterocycles. The molecule has 0 saturated carbocycles. The Morgan fingerprint density at radius 1 is 1.35 bits per heavy atom. The largest absolute Gasteiger partial charge is 0.386 e. The summed E-state index contributed by atoms with van der Waals surface area (Å²) in [4.78, 5) is 39.3. The van der Waals surface area contributed by atoms with E-state index in [4.69, 9.17) is 4.84 Å². The van der Waals surface area contributed by atoms with Crippen LogP contribution in [-0.4, -0.2) is 51.1 Å². The number of hydrogen-bond donors (Lipinski definition) is 2. The van der Waals surface area contributed by atoms with Crippen molar-refractivity contribution in [2.45, 2.75) is 25.4 Å². The van der Waals surface area contributed by atoms with Crippen LogP contribution in [0.15, 0.2) is 41.8 Å². The number of pyridine rings is 1. The lowest BCUT2D eigenvalue weighted by molar-refractivity contribution is -0.110. The standard InChI is InChI=1S/C18H19N5O3/c1-12-13(4-2-7-19-12)21-16(24)15-10-18(26-22-15)6-9-23(11-18)17(25)14-5-3-8-20-14/h2-5,7-8,20H,6,9-11H2,1H3,(H,21,24)/t18-/m0/s1. The molecule has 0 unspecified atom stereocenters. The molecule has 134 valence electrons. The van der Waals surface area contributed by atoms with Crippen LogP contribution in [0.1, 0.15) is 29.0 Å². The van der Waals surface area contributed by atoms with Gasteiger partial charge in [-0.25, -0.2) is 0 Å². The number of rotatable bonds is 3. The lowest BCUT2D eigenvalue weighted by atomic mass is 9.96. The van der Waals surface area contributed by atoms with E-state index in [1.807, 2.05) is 6.92 Å². The van der Waals surface area contributed by atoms with Crippen molar-refractivity contribution in [3.8, 4) is 0 Å². The highest BCUT2D eigenvalue weighted by molar-refractivity contribution is 6.43. The number of H-pyrrole nitrogens is 1. The number of carbonyl (C=O) groups excluding carboxylic acids is 2. The van der Waals surface area contributed by atoms with Crippen molar-refractivity contribution < 1.29 is 14.4 Å². The van der Waals surface area contributed by atoms with Gasteiger partial charge >= 0.3 is 0 Å². The maximum Gasteiger partial charge on any atom is 0.273 e. The summed E-state index contributed by atoms with van der Waals surface area (Å²) in [6, 6.07) is 7.09. The third-order valence-corrected chi connectivity index (χ3v) is 4.79. The van der Waals surface area contributed by atoms with Gasteiger partial charge in [0.2, 0.25) is 0 Å². The maximum absolute atomic E-state index is 12.5. The number of hydrogen-bond acceptors (Lipinski definition) is 5. The minimum atomic E-state index is -0.612. The van der Waals surface area contributed by atoms with Crippen LogP contribution in [0, 0.1) is 6.92 Å². The summed E-state index contributed by atoms with van der Waals surface area (Å²) in [6.07, 6.45) is 4.42. The van der Waals surface area contributed by atoms with Gasteiger partial charge < -0.3 is 20.0 Å². The molecule has 2 amide bonds. The second-order valence-electron chi connectivity index (χ2n) is 6.64. The number of anilines is 1. The molecule has 1 saturated heterocycles. The van der Waals surface area contributed by atoms with E-state index in [2.05, 4.69) is 20.4 Å². The molecule has 8 heteroatoms. The van der Waals surface area contributed by atoms with Gasteiger partial charge in [0.25, 0.3) is 11.8 Å². The summed E-state index contributed by atoms with van der Waals surface area (Å²) in [5.41, 5.74) is 1.65. The van der Waals surface area contributed by atoms with Gasteiger partial charge in [0.15, 0.2) is 5.60 Å². The predicted octanol–water partition coefficient (Wildman–Crippen LogP) is 1.72. The third kappa shape index (κ3) is 2.94. The second kappa shape index (κ2) is 6.29. The van der Waals surface area contributed by atoms with Gasteiger partial charge in [0.05, 0.1) is 17.9 Å². The monoisotopic (exact) mass is 353 g/mol. The van der Waals surface area contributed by atoms with E-state index in [0.29, 0.717) is 43.0 Å². The molecule has 0 bridgehead atoms. The molecule has 2 aromatic heterocycles. The van der Waals surface area contributed by atoms with Crippen LogP contribution in [0.4, 0.5) is 5.69 Å². The molecule has 26 heavy (non-hydrogen) atoms. The highest BCUT2D eigenvalue weighted by Gasteiger charge is 2.48. The Morgan fingerprint density at radius 3 is 3.00 bits per heavy atom. The normalized spacial score (nSPS) is 21.6. The number of amides is 2. The molecule has 1 spiro atoms. The molecule has 1 atom stereocenters. The van der Waals surface area contributed by atoms with E-state index in [9.17, 15) is 9.59 Å². The lowest BCUT2D eigenvalue weighted by Gasteiger charge is -2.21. The molecule has 4 rings (SSSR count). The molecular formula is C18H19N5O3. The van der Waals surface area contributed by atoms with Crippen LogP contribution in [0.25, 0.3) is 0 Å². The van der Waals surface area contributed by atoms with E-state index in [-0.39, 0.29) is 11.8 Å². The zero-order valence-electron chi connectivity index (χ0n) is 14.4. The number of aromatic nitrogens is 2. The topological polar surface area (TPSA) is 99.7 Å². The number of likely N-dealkylation sites (tertiary alicyclic amines) is 1. The van der Waals surface area contributed by atoms with Crippen molar-refractivity contribution in [1.29, 1.82) is 0 Å². The minimum Gasteiger partial charge on any atom is -0.386 e. The summed E-state index contributed by atoms with van der Waals surface area (Å²) in [5.74, 6) is -0.369. The number of nitrogens with zero attached hydrogens (tertiary/aromatic N) is 3. The SMILES string of the molecule is Cc1ncccc1NC(=O)C1=NO[C@@]2(CCN(C(=O)c3ccc[nH]3)C2)C1. The Morgan fingerprint density at radius 2 is 2.23 bits per heavy atom. The molecule has 2 N–H and O–H groups in total. The molecule has 2 aromatic rings. The number of nitrogens with one attached hydrogen (secondary N) is 2. The summed E-state index contributed by atoms with van der Waals surface area (Å²) >= 11 is 0. The summed E-state index contributed by atoms with van der Waals surface area (Å²) in [6.45, 7) is 2.81. The zero-order valence-corrected chi connectivity index (χ0v) is 14.4. The summed E-state index contributed by atoms with van der Waals surface area (Å²) in [5, 5.41) is 6.81. The van der Waals surface area contributed by atoms with Crippen LogP contribution < -0.4 is 5.32 Å². The van der Waals surface area contributed by atoms with Gasteiger partial charge in [0.1, 0.15) is 11.4 Å². The molecule has 2 aliphatic rings. The van der Waals surface area contributed by atoms with Crippen molar-refractivity contribution in [2.75, 3.05) is 18.4 Å². The first-order chi connectivity index (χ1) is 12.6. The molecular weight excluding hydrogens is 334 g/mol. The van der Waals surface area contributed by atoms with E-state index < -0.39 is 5.60 Å². The first kappa shape index (κ1) is 16.3. The number of carbonyl (C=O) groups is 2. The maximum atomic E-state index is 12.5. The Bertz CT molecular complexity index is 877. The van der Waals surface area contributed by atoms with Crippen molar-refractivity contribution >= 4 is 23.2 Å². The molecule has 0 radical (unpaired) electrons. The fourth-order valence-electron chi connectivity index (χ4n) is 3.32. The van der Waals surface area contributed by atoms with Crippen LogP contribution in [0.2, 0.25) is 0 Å². The van der Waals surface area contributed by atoms with Crippen molar-refractivity contribution in [3.05, 3.63) is 48.0 Å². The van der Waals surface area contributed by atoms with Crippen molar-refractivity contribution in [2.24, 2.45) is 5.16 Å². The number of aryl methyl sites for hydroxylation is 1. The van der Waals surface area contributed by atoms with Gasteiger partial charge in [-0.1, -0.05) is 5.16 Å². The third-order valence-electron chi connectivity index (χ3n) is 4.79. The predicted molar refractivity (Wildman–Crippen MR) is 94.8 cm³/mol. The first-order valence-electron chi connectivity index (χ1n) is 8.47. The lowest BCUT2D eigenvalue weighted by Crippen LogP contribution is -2.37. The number of aromatic amines is 1. The molecule has 4 heterocycles. The zero-order chi connectivity index (χ0) is 18.1. The average molecular weight is 353 g/mol. The number of oxime groups is 1. The smallest absolute Gasteiger partial charge is 0.273 e. The highest BCUT2D eigenvalue weighted by Crippen LogP contribution is 2.34. The molecule has 0 aliphatic carbocycles. The fraction of sp³-hybridized carbons (Fsp3) is 0.333. The van der Waals surface area contributed by atoms with E-state index in [0.717, 1.165) is 5.69 Å². The van der Waals surface area contributed by atoms with Crippen molar-refractivity contribution in [3.63, 3.8) is 0 Å². The fourth-order valence-corrected chi connectivity index (χ4v) is 3.32. The minimum absolute atomic E-state index is 0.0700. The van der Waals surface area contributed by atoms with Gasteiger partial charge in [-0.2, -0.15) is 0 Å². The van der Waals surface area contributed by atoms with E-state index >= 15 is 0 Å². The molecule has 1 fully saturated rings. The molecule has 0 aromatic carbocycles. The second-order valence-corrected chi connectivity index (χ2v) is 6.64. The quantitative estimate of drug-likeness (QED) is 0.877. The van der Waals surface area contributed by atoms with Crippen LogP contribution in [0.5, 0.6) is 0 Å². The first-order valence-corrected chi connectivity index (χ1v) is 8.47. The van der Waals surface area contributed by atoms with Gasteiger partial charge in [0, 0.05) is 31.8 Å². The highest BCUT2D eigenvalue weighted by atomic mass is 16.7. The van der Waals surface area contributed by atoms with Gasteiger partial charge in [-0.3, -0.25) is 14.6 Å². The van der Waals surface area contributed by atoms with Crippen LogP contribution >= 0.6 is 0 Å². The Labute approximate surface area is 150 Å². The van der Waals surface area contributed by atoms with Crippen molar-refractivity contribution in [1.82, 2.24) is 14.9 Å². The Balaban J connectivity index is 1.39. The van der Waals surface area contributed by atoms with Crippen LogP contribution in [0.3, 0.4) is 0 Å². The summed E-state index contributed by atoms with van der Waals surface area (Å²) in [7, 11) is 0. The van der Waals surface area contributed by atoms with Gasteiger partial charge in [-0.05, 0) is 31.2 Å².